The molecule has 0 spiro atoms. The SMILES string of the molecule is CCS(=O)([O-])(CC)OCCCN1C(=Cc2sc3ccc(Cl)cc3[n+]2CCCS(=O)(=O)[O-])Sc2ccc(Cl)cc21. The van der Waals surface area contributed by atoms with Crippen molar-refractivity contribution in [2.75, 3.05) is 35.3 Å². The van der Waals surface area contributed by atoms with Gasteiger partial charge in [-0.05, 0) is 36.8 Å². The van der Waals surface area contributed by atoms with Crippen molar-refractivity contribution >= 4 is 88.0 Å². The summed E-state index contributed by atoms with van der Waals surface area (Å²) in [5.41, 5.74) is 1.76. The molecular formula is C25H29Cl2N2O6S4-. The van der Waals surface area contributed by atoms with Crippen LogP contribution in [-0.4, -0.2) is 52.1 Å². The van der Waals surface area contributed by atoms with Crippen molar-refractivity contribution in [1.82, 2.24) is 0 Å². The highest BCUT2D eigenvalue weighted by molar-refractivity contribution is 8.10. The molecule has 0 atom stereocenters. The lowest BCUT2D eigenvalue weighted by Crippen LogP contribution is -2.41. The van der Waals surface area contributed by atoms with Crippen LogP contribution in [0.1, 0.15) is 31.7 Å². The number of halogens is 2. The number of nitrogens with zero attached hydrogens (tertiary/aromatic N) is 2. The molecule has 14 heteroatoms. The summed E-state index contributed by atoms with van der Waals surface area (Å²) in [5, 5.41) is 2.90. The van der Waals surface area contributed by atoms with Gasteiger partial charge >= 0.3 is 0 Å². The second-order valence-electron chi connectivity index (χ2n) is 9.04. The summed E-state index contributed by atoms with van der Waals surface area (Å²) in [4.78, 5) is 3.09. The standard InChI is InChI=1S/C25H30Cl2N2O6S4/c1-3-39(33,34,4-2)35-13-5-11-28-20-15-18(26)7-9-22(20)36-24(28)17-25-29(12-6-14-38(30,31)32)21-16-19(27)8-10-23(21)37-25/h7-10,15-17H,3-6,11-14H2,1-2H3,(H-,30,31,32,33,34)/p-1. The summed E-state index contributed by atoms with van der Waals surface area (Å²) in [6.07, 6.45) is 2.64. The Labute approximate surface area is 247 Å². The summed E-state index contributed by atoms with van der Waals surface area (Å²) < 4.78 is 67.4. The fourth-order valence-electron chi connectivity index (χ4n) is 4.17. The summed E-state index contributed by atoms with van der Waals surface area (Å²) in [6.45, 7) is 4.05. The van der Waals surface area contributed by atoms with Crippen LogP contribution in [0.2, 0.25) is 10.0 Å². The first kappa shape index (κ1) is 30.7. The quantitative estimate of drug-likeness (QED) is 0.140. The van der Waals surface area contributed by atoms with E-state index in [9.17, 15) is 21.7 Å². The van der Waals surface area contributed by atoms with E-state index < -0.39 is 25.5 Å². The molecule has 39 heavy (non-hydrogen) atoms. The van der Waals surface area contributed by atoms with Gasteiger partial charge in [-0.1, -0.05) is 69.8 Å². The maximum absolute atomic E-state index is 12.7. The van der Waals surface area contributed by atoms with Crippen LogP contribution in [0.5, 0.6) is 0 Å². The van der Waals surface area contributed by atoms with Gasteiger partial charge in [0.05, 0.1) is 33.5 Å². The second kappa shape index (κ2) is 11.9. The van der Waals surface area contributed by atoms with E-state index in [-0.39, 0.29) is 24.5 Å². The smallest absolute Gasteiger partial charge is 0.265 e. The minimum Gasteiger partial charge on any atom is -0.769 e. The highest BCUT2D eigenvalue weighted by Gasteiger charge is 2.29. The summed E-state index contributed by atoms with van der Waals surface area (Å²) in [6, 6.07) is 11.2. The normalized spacial score (nSPS) is 16.1. The molecule has 0 unspecified atom stereocenters. The van der Waals surface area contributed by atoms with E-state index in [0.717, 1.165) is 30.8 Å². The minimum absolute atomic E-state index is 0.0615. The van der Waals surface area contributed by atoms with E-state index in [1.165, 1.54) is 11.3 Å². The Balaban J connectivity index is 1.66. The zero-order valence-electron chi connectivity index (χ0n) is 21.4. The summed E-state index contributed by atoms with van der Waals surface area (Å²) in [5.74, 6) is -0.598. The van der Waals surface area contributed by atoms with E-state index in [1.54, 1.807) is 31.7 Å². The maximum atomic E-state index is 12.7. The van der Waals surface area contributed by atoms with Gasteiger partial charge in [-0.3, -0.25) is 4.21 Å². The topological polar surface area (TPSA) is 114 Å². The molecule has 0 fully saturated rings. The van der Waals surface area contributed by atoms with E-state index in [1.807, 2.05) is 41.0 Å². The number of aryl methyl sites for hydroxylation is 1. The van der Waals surface area contributed by atoms with Gasteiger partial charge in [0.2, 0.25) is 5.52 Å². The largest absolute Gasteiger partial charge is 0.769 e. The van der Waals surface area contributed by atoms with E-state index in [0.29, 0.717) is 29.6 Å². The number of hydrogen-bond acceptors (Lipinski definition) is 9. The first-order chi connectivity index (χ1) is 18.3. The third-order valence-corrected chi connectivity index (χ3v) is 12.8. The Kier molecular flexibility index (Phi) is 9.41. The Morgan fingerprint density at radius 1 is 1.10 bits per heavy atom. The van der Waals surface area contributed by atoms with Gasteiger partial charge in [0.1, 0.15) is 4.70 Å². The van der Waals surface area contributed by atoms with Crippen LogP contribution >= 0.6 is 46.3 Å². The number of sulfone groups is 1. The molecular weight excluding hydrogens is 623 g/mol. The van der Waals surface area contributed by atoms with Crippen LogP contribution in [0.25, 0.3) is 16.3 Å². The van der Waals surface area contributed by atoms with Crippen LogP contribution in [0.4, 0.5) is 5.69 Å². The average Bonchev–Trinajstić information content (AvgIpc) is 3.38. The molecule has 214 valence electrons. The molecule has 2 aromatic carbocycles. The molecule has 1 aliphatic rings. The van der Waals surface area contributed by atoms with Crippen molar-refractivity contribution in [3.05, 3.63) is 56.5 Å². The Morgan fingerprint density at radius 3 is 2.49 bits per heavy atom. The summed E-state index contributed by atoms with van der Waals surface area (Å²) in [7, 11) is -8.67. The molecule has 8 nitrogen and oxygen atoms in total. The molecule has 0 N–H and O–H groups in total. The van der Waals surface area contributed by atoms with Gasteiger partial charge in [0, 0.05) is 51.2 Å². The van der Waals surface area contributed by atoms with Gasteiger partial charge in [0.25, 0.3) is 5.01 Å². The number of hydrogen-bond donors (Lipinski definition) is 0. The lowest BCUT2D eigenvalue weighted by atomic mass is 10.2. The number of anilines is 1. The third-order valence-electron chi connectivity index (χ3n) is 6.40. The van der Waals surface area contributed by atoms with Gasteiger partial charge in [-0.25, -0.2) is 8.42 Å². The number of thiazole rings is 1. The van der Waals surface area contributed by atoms with Crippen LogP contribution < -0.4 is 9.47 Å². The lowest BCUT2D eigenvalue weighted by molar-refractivity contribution is -0.668. The molecule has 0 saturated carbocycles. The lowest BCUT2D eigenvalue weighted by Gasteiger charge is -2.46. The molecule has 3 aromatic rings. The van der Waals surface area contributed by atoms with Crippen LogP contribution in [0, 0.1) is 0 Å². The molecule has 0 aliphatic carbocycles. The highest BCUT2D eigenvalue weighted by atomic mass is 35.5. The van der Waals surface area contributed by atoms with Crippen molar-refractivity contribution in [2.24, 2.45) is 0 Å². The predicted octanol–water partition coefficient (Wildman–Crippen LogP) is 5.65. The van der Waals surface area contributed by atoms with Crippen molar-refractivity contribution < 1.29 is 30.5 Å². The van der Waals surface area contributed by atoms with Crippen molar-refractivity contribution in [3.63, 3.8) is 0 Å². The first-order valence-corrected chi connectivity index (χ1v) is 18.5. The zero-order chi connectivity index (χ0) is 28.4. The number of benzene rings is 2. The summed E-state index contributed by atoms with van der Waals surface area (Å²) >= 11 is 15.7. The van der Waals surface area contributed by atoms with Crippen molar-refractivity contribution in [1.29, 1.82) is 0 Å². The fourth-order valence-corrected chi connectivity index (χ4v) is 8.50. The fraction of sp³-hybridized carbons (Fsp3) is 0.400. The molecule has 1 aliphatic heterocycles. The van der Waals surface area contributed by atoms with E-state index >= 15 is 0 Å². The Bertz CT molecular complexity index is 1580. The van der Waals surface area contributed by atoms with Crippen molar-refractivity contribution in [3.8, 4) is 0 Å². The number of thioether (sulfide) groups is 1. The Hall–Kier alpha value is -1.22. The predicted molar refractivity (Wildman–Crippen MR) is 159 cm³/mol. The van der Waals surface area contributed by atoms with Gasteiger partial charge in [0.15, 0.2) is 6.54 Å². The van der Waals surface area contributed by atoms with Crippen LogP contribution in [-0.2, 0) is 30.5 Å². The molecule has 0 bridgehead atoms. The average molecular weight is 653 g/mol. The maximum Gasteiger partial charge on any atom is 0.265 e. The molecule has 2 heterocycles. The van der Waals surface area contributed by atoms with Crippen molar-refractivity contribution in [2.45, 2.75) is 38.1 Å². The van der Waals surface area contributed by atoms with E-state index in [4.69, 9.17) is 27.4 Å². The third kappa shape index (κ3) is 7.55. The van der Waals surface area contributed by atoms with Gasteiger partial charge in [-0.15, -0.1) is 0 Å². The highest BCUT2D eigenvalue weighted by Crippen LogP contribution is 2.48. The monoisotopic (exact) mass is 651 g/mol. The molecule has 0 amide bonds. The number of aromatic nitrogens is 1. The second-order valence-corrected chi connectivity index (χ2v) is 17.2. The number of rotatable bonds is 12. The molecule has 0 saturated heterocycles. The van der Waals surface area contributed by atoms with E-state index in [2.05, 4.69) is 4.90 Å². The molecule has 4 rings (SSSR count). The number of fused-ring (bicyclic) bond motifs is 2. The van der Waals surface area contributed by atoms with Gasteiger partial charge in [-0.2, -0.15) is 4.57 Å². The van der Waals surface area contributed by atoms with Gasteiger partial charge < -0.3 is 18.2 Å². The Morgan fingerprint density at radius 2 is 1.79 bits per heavy atom. The first-order valence-electron chi connectivity index (χ1n) is 12.3. The zero-order valence-corrected chi connectivity index (χ0v) is 26.2. The van der Waals surface area contributed by atoms with Crippen LogP contribution in [0.3, 0.4) is 0 Å². The molecule has 0 radical (unpaired) electrons. The minimum atomic E-state index is -4.34. The molecule has 1 aromatic heterocycles. The van der Waals surface area contributed by atoms with Crippen LogP contribution in [0.15, 0.2) is 46.3 Å².